The number of nitrogens with one attached hydrogen (secondary N) is 1. The van der Waals surface area contributed by atoms with Crippen molar-refractivity contribution < 1.29 is 28.6 Å². The lowest BCUT2D eigenvalue weighted by Crippen LogP contribution is -2.34. The predicted molar refractivity (Wildman–Crippen MR) is 151 cm³/mol. The summed E-state index contributed by atoms with van der Waals surface area (Å²) < 4.78 is 16.2. The van der Waals surface area contributed by atoms with E-state index in [0.717, 1.165) is 5.69 Å². The van der Waals surface area contributed by atoms with Gasteiger partial charge in [-0.1, -0.05) is 6.07 Å². The third-order valence-electron chi connectivity index (χ3n) is 6.65. The highest BCUT2D eigenvalue weighted by atomic mass is 16.7. The Bertz CT molecular complexity index is 1500. The van der Waals surface area contributed by atoms with E-state index in [9.17, 15) is 14.4 Å². The Balaban J connectivity index is 1.53. The average molecular weight is 543 g/mol. The molecule has 1 atom stereocenters. The number of hydrogen-bond acceptors (Lipinski definition) is 8. The summed E-state index contributed by atoms with van der Waals surface area (Å²) in [6.07, 6.45) is 0. The maximum absolute atomic E-state index is 13.4. The molecule has 2 heterocycles. The van der Waals surface area contributed by atoms with Crippen LogP contribution in [-0.2, 0) is 14.3 Å². The quantitative estimate of drug-likeness (QED) is 0.339. The molecule has 0 spiro atoms. The van der Waals surface area contributed by atoms with Crippen molar-refractivity contribution in [2.45, 2.75) is 12.8 Å². The number of esters is 1. The molecule has 2 amide bonds. The molecule has 0 aliphatic carbocycles. The van der Waals surface area contributed by atoms with Crippen molar-refractivity contribution >= 4 is 40.6 Å². The minimum absolute atomic E-state index is 0.0382. The molecule has 0 saturated carbocycles. The Morgan fingerprint density at radius 3 is 2.42 bits per heavy atom. The van der Waals surface area contributed by atoms with Gasteiger partial charge in [0.25, 0.3) is 0 Å². The molecule has 0 saturated heterocycles. The molecule has 2 aliphatic rings. The molecule has 1 N–H and O–H groups in total. The van der Waals surface area contributed by atoms with Gasteiger partial charge in [0.05, 0.1) is 30.1 Å². The molecule has 2 aliphatic heterocycles. The Kier molecular flexibility index (Phi) is 7.52. The number of fused-ring (bicyclic) bond motifs is 2. The number of rotatable bonds is 8. The van der Waals surface area contributed by atoms with E-state index in [1.54, 1.807) is 55.3 Å². The molecule has 40 heavy (non-hydrogen) atoms. The van der Waals surface area contributed by atoms with Gasteiger partial charge in [0.2, 0.25) is 18.6 Å². The second-order valence-corrected chi connectivity index (χ2v) is 9.72. The highest BCUT2D eigenvalue weighted by molar-refractivity contribution is 6.24. The molecule has 0 bridgehead atoms. The van der Waals surface area contributed by atoms with Crippen LogP contribution in [0, 0.1) is 0 Å². The summed E-state index contributed by atoms with van der Waals surface area (Å²) in [4.78, 5) is 46.5. The standard InChI is InChI=1S/C30H30N4O6/c1-5-38-30(37)19-6-12-22-23(14-19)32-29(36)27(22)28(18-7-13-24-25(15-18)40-17-39-24)31-20-8-10-21(11-9-20)34(4)26(35)16-33(2)3/h6-15,27H,5,16-17H2,1-4H3,(H,32,36). The van der Waals surface area contributed by atoms with Gasteiger partial charge < -0.3 is 29.3 Å². The number of ether oxygens (including phenoxy) is 3. The van der Waals surface area contributed by atoms with Crippen LogP contribution < -0.4 is 19.7 Å². The van der Waals surface area contributed by atoms with Crippen LogP contribution in [0.2, 0.25) is 0 Å². The number of hydrogen-bond donors (Lipinski definition) is 1. The van der Waals surface area contributed by atoms with E-state index in [1.165, 1.54) is 0 Å². The first-order chi connectivity index (χ1) is 19.2. The van der Waals surface area contributed by atoms with E-state index in [1.807, 2.05) is 43.3 Å². The maximum Gasteiger partial charge on any atom is 0.338 e. The number of amides is 2. The number of carbonyl (C=O) groups excluding carboxylic acids is 3. The molecule has 206 valence electrons. The minimum Gasteiger partial charge on any atom is -0.462 e. The second kappa shape index (κ2) is 11.2. The predicted octanol–water partition coefficient (Wildman–Crippen LogP) is 3.97. The first-order valence-corrected chi connectivity index (χ1v) is 12.9. The third-order valence-corrected chi connectivity index (χ3v) is 6.65. The zero-order valence-electron chi connectivity index (χ0n) is 22.8. The molecule has 10 heteroatoms. The van der Waals surface area contributed by atoms with E-state index < -0.39 is 11.9 Å². The van der Waals surface area contributed by atoms with E-state index in [-0.39, 0.29) is 25.2 Å². The lowest BCUT2D eigenvalue weighted by Gasteiger charge is -2.20. The molecule has 10 nitrogen and oxygen atoms in total. The molecule has 5 rings (SSSR count). The number of likely N-dealkylation sites (N-methyl/N-ethyl adjacent to an activating group) is 2. The van der Waals surface area contributed by atoms with Crippen molar-refractivity contribution in [2.24, 2.45) is 4.99 Å². The van der Waals surface area contributed by atoms with E-state index in [0.29, 0.717) is 51.8 Å². The molecular weight excluding hydrogens is 512 g/mol. The fourth-order valence-electron chi connectivity index (χ4n) is 4.64. The van der Waals surface area contributed by atoms with Gasteiger partial charge in [-0.2, -0.15) is 0 Å². The fourth-order valence-corrected chi connectivity index (χ4v) is 4.64. The Hall–Kier alpha value is -4.70. The van der Waals surface area contributed by atoms with Crippen molar-refractivity contribution in [1.82, 2.24) is 4.90 Å². The number of benzene rings is 3. The SMILES string of the molecule is CCOC(=O)c1ccc2c(c1)NC(=O)C2C(=Nc1ccc(N(C)C(=O)CN(C)C)cc1)c1ccc2c(c1)OCO2. The van der Waals surface area contributed by atoms with Crippen LogP contribution in [0.4, 0.5) is 17.1 Å². The van der Waals surface area contributed by atoms with Crippen LogP contribution in [0.15, 0.2) is 65.7 Å². The number of anilines is 2. The molecule has 1 unspecified atom stereocenters. The molecule has 0 radical (unpaired) electrons. The van der Waals surface area contributed by atoms with Crippen LogP contribution in [-0.4, -0.2) is 69.5 Å². The van der Waals surface area contributed by atoms with Gasteiger partial charge in [-0.25, -0.2) is 4.79 Å². The normalized spacial score (nSPS) is 15.6. The van der Waals surface area contributed by atoms with Crippen LogP contribution in [0.1, 0.15) is 34.3 Å². The third kappa shape index (κ3) is 5.39. The summed E-state index contributed by atoms with van der Waals surface area (Å²) in [6.45, 7) is 2.41. The highest BCUT2D eigenvalue weighted by Gasteiger charge is 2.36. The number of carbonyl (C=O) groups is 3. The van der Waals surface area contributed by atoms with Gasteiger partial charge in [0, 0.05) is 24.0 Å². The van der Waals surface area contributed by atoms with Crippen LogP contribution in [0.25, 0.3) is 0 Å². The van der Waals surface area contributed by atoms with Crippen molar-refractivity contribution in [1.29, 1.82) is 0 Å². The van der Waals surface area contributed by atoms with E-state index in [2.05, 4.69) is 5.32 Å². The Morgan fingerprint density at radius 1 is 0.975 bits per heavy atom. The van der Waals surface area contributed by atoms with E-state index in [4.69, 9.17) is 19.2 Å². The lowest BCUT2D eigenvalue weighted by molar-refractivity contribution is -0.119. The topological polar surface area (TPSA) is 110 Å². The van der Waals surface area contributed by atoms with Crippen molar-refractivity contribution in [2.75, 3.05) is 51.3 Å². The number of aliphatic imine (C=N–C) groups is 1. The second-order valence-electron chi connectivity index (χ2n) is 9.72. The minimum atomic E-state index is -0.740. The largest absolute Gasteiger partial charge is 0.462 e. The molecule has 3 aromatic carbocycles. The summed E-state index contributed by atoms with van der Waals surface area (Å²) in [5.74, 6) is -0.315. The smallest absolute Gasteiger partial charge is 0.338 e. The monoisotopic (exact) mass is 542 g/mol. The summed E-state index contributed by atoms with van der Waals surface area (Å²) in [6, 6.07) is 17.7. The summed E-state index contributed by atoms with van der Waals surface area (Å²) in [5, 5.41) is 2.89. The van der Waals surface area contributed by atoms with Crippen molar-refractivity contribution in [3.05, 3.63) is 77.4 Å². The van der Waals surface area contributed by atoms with Gasteiger partial charge in [0.1, 0.15) is 5.92 Å². The summed E-state index contributed by atoms with van der Waals surface area (Å²) in [5.41, 5.74) is 4.11. The average Bonchev–Trinajstić information content (AvgIpc) is 3.54. The molecule has 0 fully saturated rings. The summed E-state index contributed by atoms with van der Waals surface area (Å²) >= 11 is 0. The maximum atomic E-state index is 13.4. The lowest BCUT2D eigenvalue weighted by atomic mass is 9.90. The van der Waals surface area contributed by atoms with Gasteiger partial charge in [-0.15, -0.1) is 0 Å². The van der Waals surface area contributed by atoms with Crippen molar-refractivity contribution in [3.63, 3.8) is 0 Å². The van der Waals surface area contributed by atoms with Crippen LogP contribution in [0.3, 0.4) is 0 Å². The van der Waals surface area contributed by atoms with Gasteiger partial charge in [-0.05, 0) is 81.2 Å². The first-order valence-electron chi connectivity index (χ1n) is 12.9. The molecule has 0 aromatic heterocycles. The summed E-state index contributed by atoms with van der Waals surface area (Å²) in [7, 11) is 5.42. The zero-order chi connectivity index (χ0) is 28.4. The Labute approximate surface area is 232 Å². The van der Waals surface area contributed by atoms with Gasteiger partial charge in [0.15, 0.2) is 11.5 Å². The van der Waals surface area contributed by atoms with Crippen LogP contribution >= 0.6 is 0 Å². The molecular formula is C30H30N4O6. The van der Waals surface area contributed by atoms with Crippen molar-refractivity contribution in [3.8, 4) is 11.5 Å². The molecule has 3 aromatic rings. The zero-order valence-corrected chi connectivity index (χ0v) is 22.8. The Morgan fingerprint density at radius 2 is 1.70 bits per heavy atom. The van der Waals surface area contributed by atoms with E-state index >= 15 is 0 Å². The first kappa shape index (κ1) is 26.9. The van der Waals surface area contributed by atoms with Crippen LogP contribution in [0.5, 0.6) is 11.5 Å². The van der Waals surface area contributed by atoms with Gasteiger partial charge >= 0.3 is 5.97 Å². The van der Waals surface area contributed by atoms with Gasteiger partial charge in [-0.3, -0.25) is 14.6 Å². The highest BCUT2D eigenvalue weighted by Crippen LogP contribution is 2.39. The fraction of sp³-hybridized carbons (Fsp3) is 0.267. The number of nitrogens with zero attached hydrogens (tertiary/aromatic N) is 3.